The average molecular weight is 948 g/mol. The summed E-state index contributed by atoms with van der Waals surface area (Å²) in [6, 6.07) is 7.57. The standard InChI is InChI=1S/C13H17BN4O2.C12H24B2O4.C7H5BrN4.C2H4Cl2.C2H4O2.K/c1-12(2)13(3,4)20-14(19-12)10-5-6-11(15-9-10)18-8-7-16-17-18;1-9(2)10(3,4)16-13(15-9)14-17-11(5,6)12(7,8)18-14;8-6-1-2-7(9-5-6)12-4-3-10-11-12;2*1-2(3)4;/h5-9H,1-4H3;1-8H3;1-5H;2H,1H3;1H3,(H,3,4);/q;;;;;+1/p-1. The molecule has 4 aromatic heterocycles. The molecule has 7 rings (SSSR count). The van der Waals surface area contributed by atoms with E-state index in [0.29, 0.717) is 5.82 Å². The van der Waals surface area contributed by atoms with Crippen LogP contribution in [0, 0.1) is 0 Å². The SMILES string of the molecule is Brc1ccc(-n2ccnn2)nc1.CC(=O)[O-].CC(Cl)Cl.CC1(C)OB(B2OC(C)(C)C(C)(C)O2)OC1(C)C.CC1(C)OB(c2ccc(-n3ccnn3)nc2)OC1(C)C.[K+]. The molecule has 0 radical (unpaired) electrons. The Kier molecular flexibility index (Phi) is 20.0. The summed E-state index contributed by atoms with van der Waals surface area (Å²) < 4.78 is 40.0. The number of hydrogen-bond donors (Lipinski definition) is 0. The summed E-state index contributed by atoms with van der Waals surface area (Å²) in [7, 11) is -1.34. The van der Waals surface area contributed by atoms with Crippen LogP contribution in [0.4, 0.5) is 0 Å². The summed E-state index contributed by atoms with van der Waals surface area (Å²) >= 11 is 13.4. The molecule has 0 amide bonds. The average Bonchev–Trinajstić information content (AvgIpc) is 3.91. The van der Waals surface area contributed by atoms with Crippen LogP contribution in [0.5, 0.6) is 0 Å². The van der Waals surface area contributed by atoms with Crippen LogP contribution < -0.4 is 62.0 Å². The quantitative estimate of drug-likeness (QED) is 0.215. The third kappa shape index (κ3) is 15.2. The Balaban J connectivity index is 0.000000283. The Morgan fingerprint density at radius 3 is 1.25 bits per heavy atom. The van der Waals surface area contributed by atoms with Gasteiger partial charge in [0.1, 0.15) is 4.84 Å². The van der Waals surface area contributed by atoms with E-state index in [9.17, 15) is 0 Å². The molecule has 0 saturated carbocycles. The van der Waals surface area contributed by atoms with Gasteiger partial charge in [-0.2, -0.15) is 0 Å². The zero-order valence-electron chi connectivity index (χ0n) is 36.6. The van der Waals surface area contributed by atoms with E-state index in [4.69, 9.17) is 61.0 Å². The number of pyridine rings is 2. The van der Waals surface area contributed by atoms with Gasteiger partial charge in [-0.05, 0) is 131 Å². The van der Waals surface area contributed by atoms with Gasteiger partial charge >= 0.3 is 72.5 Å². The van der Waals surface area contributed by atoms with Crippen LogP contribution in [0.1, 0.15) is 96.9 Å². The molecule has 0 atom stereocenters. The van der Waals surface area contributed by atoms with E-state index in [2.05, 4.69) is 46.5 Å². The molecule has 316 valence electrons. The molecular formula is C36H53B3BrCl2KN8O8. The zero-order chi connectivity index (χ0) is 43.9. The minimum Gasteiger partial charge on any atom is -0.550 e. The summed E-state index contributed by atoms with van der Waals surface area (Å²) in [6.07, 6.45) is 10.2. The van der Waals surface area contributed by atoms with Gasteiger partial charge in [-0.1, -0.05) is 16.5 Å². The molecule has 3 saturated heterocycles. The number of carboxylic acids is 1. The molecule has 59 heavy (non-hydrogen) atoms. The number of nitrogens with zero attached hydrogens (tertiary/aromatic N) is 8. The van der Waals surface area contributed by atoms with Crippen molar-refractivity contribution in [1.29, 1.82) is 0 Å². The number of aromatic nitrogens is 8. The van der Waals surface area contributed by atoms with Crippen molar-refractivity contribution in [3.63, 3.8) is 0 Å². The maximum Gasteiger partial charge on any atom is 1.00 e. The molecule has 3 aliphatic heterocycles. The maximum absolute atomic E-state index is 8.89. The second-order valence-electron chi connectivity index (χ2n) is 16.3. The van der Waals surface area contributed by atoms with Crippen molar-refractivity contribution in [3.05, 3.63) is 65.9 Å². The molecule has 0 aromatic carbocycles. The molecule has 3 fully saturated rings. The Morgan fingerprint density at radius 1 is 0.661 bits per heavy atom. The number of alkyl halides is 2. The van der Waals surface area contributed by atoms with Crippen LogP contribution in [0.25, 0.3) is 11.6 Å². The predicted octanol–water partition coefficient (Wildman–Crippen LogP) is 2.21. The molecule has 3 aliphatic rings. The van der Waals surface area contributed by atoms with Crippen LogP contribution >= 0.6 is 39.1 Å². The van der Waals surface area contributed by atoms with Crippen LogP contribution in [0.3, 0.4) is 0 Å². The topological polar surface area (TPSA) is 183 Å². The largest absolute Gasteiger partial charge is 1.00 e. The van der Waals surface area contributed by atoms with Crippen LogP contribution in [0.15, 0.2) is 65.9 Å². The number of hydrogen-bond acceptors (Lipinski definition) is 14. The molecule has 0 bridgehead atoms. The molecule has 7 heterocycles. The summed E-state index contributed by atoms with van der Waals surface area (Å²) in [5.41, 5.74) is -1.23. The summed E-state index contributed by atoms with van der Waals surface area (Å²) in [6.45, 7) is 27.0. The molecule has 23 heteroatoms. The van der Waals surface area contributed by atoms with Crippen molar-refractivity contribution in [3.8, 4) is 11.6 Å². The number of halogens is 3. The van der Waals surface area contributed by atoms with Crippen LogP contribution in [-0.2, 0) is 32.7 Å². The fourth-order valence-corrected chi connectivity index (χ4v) is 5.05. The third-order valence-corrected chi connectivity index (χ3v) is 10.6. The van der Waals surface area contributed by atoms with Crippen molar-refractivity contribution < 1.29 is 89.2 Å². The van der Waals surface area contributed by atoms with Crippen molar-refractivity contribution in [2.24, 2.45) is 0 Å². The first-order valence-corrected chi connectivity index (χ1v) is 20.1. The first-order chi connectivity index (χ1) is 26.6. The number of rotatable bonds is 4. The number of carbonyl (C=O) groups is 1. The van der Waals surface area contributed by atoms with E-state index >= 15 is 0 Å². The molecule has 16 nitrogen and oxygen atoms in total. The van der Waals surface area contributed by atoms with Gasteiger partial charge in [0.15, 0.2) is 11.6 Å². The third-order valence-electron chi connectivity index (χ3n) is 10.1. The second-order valence-corrected chi connectivity index (χ2v) is 18.8. The van der Waals surface area contributed by atoms with E-state index in [1.54, 1.807) is 53.5 Å². The van der Waals surface area contributed by atoms with Crippen molar-refractivity contribution in [1.82, 2.24) is 40.0 Å². The number of carboxylic acid groups (broad SMARTS) is 1. The van der Waals surface area contributed by atoms with Gasteiger partial charge in [0.2, 0.25) is 0 Å². The van der Waals surface area contributed by atoms with E-state index < -0.39 is 27.1 Å². The molecule has 0 N–H and O–H groups in total. The van der Waals surface area contributed by atoms with Gasteiger partial charge < -0.3 is 37.8 Å². The predicted molar refractivity (Wildman–Crippen MR) is 226 cm³/mol. The fourth-order valence-electron chi connectivity index (χ4n) is 4.82. The maximum atomic E-state index is 8.89. The van der Waals surface area contributed by atoms with E-state index in [0.717, 1.165) is 22.7 Å². The minimum atomic E-state index is -1.08. The van der Waals surface area contributed by atoms with E-state index in [1.165, 1.54) is 0 Å². The molecule has 0 spiro atoms. The fraction of sp³-hybridized carbons (Fsp3) is 0.583. The Hall–Kier alpha value is -1.30. The Labute approximate surface area is 409 Å². The van der Waals surface area contributed by atoms with Crippen LogP contribution in [-0.4, -0.2) is 106 Å². The van der Waals surface area contributed by atoms with Crippen molar-refractivity contribution >= 4 is 71.7 Å². The first kappa shape index (κ1) is 53.8. The van der Waals surface area contributed by atoms with E-state index in [1.807, 2.05) is 107 Å². The first-order valence-electron chi connectivity index (χ1n) is 18.4. The second kappa shape index (κ2) is 21.9. The summed E-state index contributed by atoms with van der Waals surface area (Å²) in [5.74, 6) is 0.387. The van der Waals surface area contributed by atoms with Gasteiger partial charge in [-0.3, -0.25) is 0 Å². The smallest absolute Gasteiger partial charge is 0.550 e. The Morgan fingerprint density at radius 2 is 0.983 bits per heavy atom. The molecule has 0 aliphatic carbocycles. The monoisotopic (exact) mass is 946 g/mol. The normalized spacial score (nSPS) is 19.7. The Bertz CT molecular complexity index is 1790. The molecule has 0 unspecified atom stereocenters. The van der Waals surface area contributed by atoms with Gasteiger partial charge in [0.25, 0.3) is 0 Å². The van der Waals surface area contributed by atoms with Gasteiger partial charge in [0.05, 0.1) is 58.4 Å². The van der Waals surface area contributed by atoms with Gasteiger partial charge in [0, 0.05) is 28.3 Å². The number of carbonyl (C=O) groups excluding carboxylic acids is 1. The van der Waals surface area contributed by atoms with Gasteiger partial charge in [-0.15, -0.1) is 33.4 Å². The van der Waals surface area contributed by atoms with Crippen molar-refractivity contribution in [2.75, 3.05) is 0 Å². The minimum absolute atomic E-state index is 0. The number of aliphatic carboxylic acids is 1. The zero-order valence-corrected chi connectivity index (χ0v) is 42.8. The molecule has 4 aromatic rings. The summed E-state index contributed by atoms with van der Waals surface area (Å²) in [5, 5.41) is 24.0. The van der Waals surface area contributed by atoms with Crippen LogP contribution in [0.2, 0.25) is 0 Å². The van der Waals surface area contributed by atoms with E-state index in [-0.39, 0.29) is 89.8 Å². The molecular weight excluding hydrogens is 895 g/mol. The summed E-state index contributed by atoms with van der Waals surface area (Å²) in [4.78, 5) is 17.2. The van der Waals surface area contributed by atoms with Gasteiger partial charge in [-0.25, -0.2) is 19.3 Å². The van der Waals surface area contributed by atoms with Crippen molar-refractivity contribution in [2.45, 2.75) is 135 Å².